The zero-order chi connectivity index (χ0) is 12.8. The highest BCUT2D eigenvalue weighted by Gasteiger charge is 2.26. The van der Waals surface area contributed by atoms with Gasteiger partial charge in [-0.25, -0.2) is 8.42 Å². The van der Waals surface area contributed by atoms with Gasteiger partial charge in [0.05, 0.1) is 17.7 Å². The van der Waals surface area contributed by atoms with Crippen LogP contribution < -0.4 is 9.46 Å². The molecule has 0 atom stereocenters. The van der Waals surface area contributed by atoms with Crippen LogP contribution in [0.25, 0.3) is 11.1 Å². The Morgan fingerprint density at radius 1 is 1.06 bits per heavy atom. The Labute approximate surface area is 105 Å². The molecule has 1 N–H and O–H groups in total. The second-order valence-electron chi connectivity index (χ2n) is 4.01. The minimum Gasteiger partial charge on any atom is -0.497 e. The maximum atomic E-state index is 12.1. The fourth-order valence-electron chi connectivity index (χ4n) is 2.09. The van der Waals surface area contributed by atoms with Crippen LogP contribution in [0.1, 0.15) is 0 Å². The van der Waals surface area contributed by atoms with Gasteiger partial charge in [0.2, 0.25) is 0 Å². The van der Waals surface area contributed by atoms with Gasteiger partial charge in [0.25, 0.3) is 10.0 Å². The van der Waals surface area contributed by atoms with Crippen LogP contribution in [-0.4, -0.2) is 15.5 Å². The first-order valence-electron chi connectivity index (χ1n) is 5.42. The molecule has 5 heteroatoms. The summed E-state index contributed by atoms with van der Waals surface area (Å²) in [7, 11) is -1.94. The van der Waals surface area contributed by atoms with Gasteiger partial charge in [0, 0.05) is 17.2 Å². The van der Waals surface area contributed by atoms with Crippen LogP contribution in [0.15, 0.2) is 47.4 Å². The number of anilines is 1. The summed E-state index contributed by atoms with van der Waals surface area (Å²) < 4.78 is 31.8. The number of nitrogens with one attached hydrogen (secondary N) is 1. The molecule has 0 radical (unpaired) electrons. The number of ether oxygens (including phenoxy) is 1. The first-order chi connectivity index (χ1) is 8.62. The Morgan fingerprint density at radius 3 is 2.61 bits per heavy atom. The van der Waals surface area contributed by atoms with E-state index in [4.69, 9.17) is 4.74 Å². The molecule has 18 heavy (non-hydrogen) atoms. The van der Waals surface area contributed by atoms with Crippen molar-refractivity contribution in [3.8, 4) is 16.9 Å². The van der Waals surface area contributed by atoms with Gasteiger partial charge in [-0.1, -0.05) is 18.2 Å². The second-order valence-corrected chi connectivity index (χ2v) is 5.66. The van der Waals surface area contributed by atoms with Gasteiger partial charge in [-0.2, -0.15) is 0 Å². The molecule has 1 aliphatic rings. The van der Waals surface area contributed by atoms with E-state index in [9.17, 15) is 8.42 Å². The number of fused-ring (bicyclic) bond motifs is 3. The number of rotatable bonds is 1. The van der Waals surface area contributed by atoms with Crippen LogP contribution in [0.4, 0.5) is 5.69 Å². The van der Waals surface area contributed by atoms with Crippen molar-refractivity contribution < 1.29 is 13.2 Å². The molecule has 4 nitrogen and oxygen atoms in total. The summed E-state index contributed by atoms with van der Waals surface area (Å²) >= 11 is 0. The first kappa shape index (κ1) is 11.1. The summed E-state index contributed by atoms with van der Waals surface area (Å²) in [5.74, 6) is 0.621. The first-order valence-corrected chi connectivity index (χ1v) is 6.90. The van der Waals surface area contributed by atoms with Gasteiger partial charge >= 0.3 is 0 Å². The highest BCUT2D eigenvalue weighted by Crippen LogP contribution is 2.40. The minimum atomic E-state index is -3.49. The zero-order valence-electron chi connectivity index (χ0n) is 9.67. The van der Waals surface area contributed by atoms with Crippen molar-refractivity contribution >= 4 is 15.7 Å². The topological polar surface area (TPSA) is 55.4 Å². The zero-order valence-corrected chi connectivity index (χ0v) is 10.5. The molecule has 3 rings (SSSR count). The fraction of sp³-hybridized carbons (Fsp3) is 0.0769. The molecule has 2 aromatic rings. The van der Waals surface area contributed by atoms with E-state index in [1.54, 1.807) is 31.4 Å². The predicted molar refractivity (Wildman–Crippen MR) is 69.2 cm³/mol. The van der Waals surface area contributed by atoms with Crippen molar-refractivity contribution in [2.24, 2.45) is 0 Å². The van der Waals surface area contributed by atoms with Gasteiger partial charge in [0.1, 0.15) is 5.75 Å². The Bertz CT molecular complexity index is 723. The second kappa shape index (κ2) is 3.74. The van der Waals surface area contributed by atoms with E-state index in [1.165, 1.54) is 0 Å². The Kier molecular flexibility index (Phi) is 2.31. The lowest BCUT2D eigenvalue weighted by molar-refractivity contribution is 0.415. The van der Waals surface area contributed by atoms with Gasteiger partial charge in [-0.3, -0.25) is 4.72 Å². The molecule has 92 valence electrons. The highest BCUT2D eigenvalue weighted by atomic mass is 32.2. The third kappa shape index (κ3) is 1.55. The molecular weight excluding hydrogens is 250 g/mol. The van der Waals surface area contributed by atoms with E-state index >= 15 is 0 Å². The van der Waals surface area contributed by atoms with Gasteiger partial charge in [-0.15, -0.1) is 0 Å². The van der Waals surface area contributed by atoms with Crippen molar-refractivity contribution in [2.45, 2.75) is 4.90 Å². The maximum absolute atomic E-state index is 12.1. The molecular formula is C13H11NO3S. The van der Waals surface area contributed by atoms with E-state index in [-0.39, 0.29) is 0 Å². The standard InChI is InChI=1S/C13H11NO3S/c1-17-9-6-7-10-11-4-2-3-5-13(11)18(15,16)14-12(10)8-9/h2-8,14H,1H3. The summed E-state index contributed by atoms with van der Waals surface area (Å²) in [6.07, 6.45) is 0. The van der Waals surface area contributed by atoms with Crippen molar-refractivity contribution in [3.05, 3.63) is 42.5 Å². The molecule has 0 bridgehead atoms. The number of hydrogen-bond acceptors (Lipinski definition) is 3. The van der Waals surface area contributed by atoms with E-state index in [2.05, 4.69) is 4.72 Å². The van der Waals surface area contributed by atoms with E-state index in [0.717, 1.165) is 5.56 Å². The van der Waals surface area contributed by atoms with Crippen molar-refractivity contribution in [1.29, 1.82) is 0 Å². The molecule has 0 aromatic heterocycles. The lowest BCUT2D eigenvalue weighted by Crippen LogP contribution is -2.18. The molecule has 0 fully saturated rings. The molecule has 1 aliphatic heterocycles. The molecule has 0 saturated heterocycles. The van der Waals surface area contributed by atoms with E-state index in [1.807, 2.05) is 18.2 Å². The van der Waals surface area contributed by atoms with Crippen LogP contribution in [0.3, 0.4) is 0 Å². The molecule has 0 saturated carbocycles. The van der Waals surface area contributed by atoms with Crippen LogP contribution in [0.5, 0.6) is 5.75 Å². The Hall–Kier alpha value is -2.01. The number of hydrogen-bond donors (Lipinski definition) is 1. The third-order valence-corrected chi connectivity index (χ3v) is 4.36. The highest BCUT2D eigenvalue weighted by molar-refractivity contribution is 7.93. The lowest BCUT2D eigenvalue weighted by Gasteiger charge is -2.21. The summed E-state index contributed by atoms with van der Waals surface area (Å²) in [4.78, 5) is 0.308. The lowest BCUT2D eigenvalue weighted by atomic mass is 10.0. The van der Waals surface area contributed by atoms with Crippen LogP contribution in [0.2, 0.25) is 0 Å². The van der Waals surface area contributed by atoms with E-state index < -0.39 is 10.0 Å². The molecule has 0 aliphatic carbocycles. The van der Waals surface area contributed by atoms with Crippen LogP contribution in [0, 0.1) is 0 Å². The molecule has 0 amide bonds. The predicted octanol–water partition coefficient (Wildman–Crippen LogP) is 2.48. The number of methoxy groups -OCH3 is 1. The van der Waals surface area contributed by atoms with E-state index in [0.29, 0.717) is 21.9 Å². The monoisotopic (exact) mass is 261 g/mol. The third-order valence-electron chi connectivity index (χ3n) is 2.94. The average molecular weight is 261 g/mol. The average Bonchev–Trinajstić information content (AvgIpc) is 2.38. The smallest absolute Gasteiger partial charge is 0.262 e. The van der Waals surface area contributed by atoms with Gasteiger partial charge in [0.15, 0.2) is 0 Å². The summed E-state index contributed by atoms with van der Waals surface area (Å²) in [5.41, 5.74) is 2.13. The van der Waals surface area contributed by atoms with Gasteiger partial charge in [-0.05, 0) is 18.2 Å². The molecule has 0 unspecified atom stereocenters. The van der Waals surface area contributed by atoms with Crippen LogP contribution in [-0.2, 0) is 10.0 Å². The maximum Gasteiger partial charge on any atom is 0.262 e. The number of sulfonamides is 1. The molecule has 0 spiro atoms. The van der Waals surface area contributed by atoms with Crippen molar-refractivity contribution in [1.82, 2.24) is 0 Å². The van der Waals surface area contributed by atoms with Crippen LogP contribution >= 0.6 is 0 Å². The Morgan fingerprint density at radius 2 is 1.83 bits per heavy atom. The summed E-state index contributed by atoms with van der Waals surface area (Å²) in [5, 5.41) is 0. The molecule has 2 aromatic carbocycles. The quantitative estimate of drug-likeness (QED) is 0.858. The SMILES string of the molecule is COc1ccc2c(c1)NS(=O)(=O)c1ccccc1-2. The normalized spacial score (nSPS) is 15.2. The molecule has 1 heterocycles. The summed E-state index contributed by atoms with van der Waals surface area (Å²) in [6.45, 7) is 0. The number of benzene rings is 2. The minimum absolute atomic E-state index is 0.308. The van der Waals surface area contributed by atoms with Crippen molar-refractivity contribution in [3.63, 3.8) is 0 Å². The summed E-state index contributed by atoms with van der Waals surface area (Å²) in [6, 6.07) is 12.3. The largest absolute Gasteiger partial charge is 0.497 e. The fourth-order valence-corrected chi connectivity index (χ4v) is 3.39. The van der Waals surface area contributed by atoms with Gasteiger partial charge < -0.3 is 4.74 Å². The Balaban J connectivity index is 2.32. The van der Waals surface area contributed by atoms with Crippen molar-refractivity contribution in [2.75, 3.05) is 11.8 Å².